The number of hydrogen-bond donors (Lipinski definition) is 0. The van der Waals surface area contributed by atoms with Gasteiger partial charge in [-0.2, -0.15) is 0 Å². The number of hydrogen-bond acceptors (Lipinski definition) is 3. The lowest BCUT2D eigenvalue weighted by Gasteiger charge is -2.30. The zero-order chi connectivity index (χ0) is 18.4. The van der Waals surface area contributed by atoms with Gasteiger partial charge in [-0.15, -0.1) is 0 Å². The van der Waals surface area contributed by atoms with Crippen LogP contribution in [0.25, 0.3) is 0 Å². The van der Waals surface area contributed by atoms with Crippen molar-refractivity contribution in [1.82, 2.24) is 0 Å². The van der Waals surface area contributed by atoms with Crippen LogP contribution in [0.15, 0.2) is 42.5 Å². The number of carbonyl (C=O) groups excluding carboxylic acids is 1. The van der Waals surface area contributed by atoms with E-state index in [1.165, 1.54) is 14.7 Å². The second-order valence-electron chi connectivity index (χ2n) is 7.12. The fourth-order valence-electron chi connectivity index (χ4n) is 4.06. The third-order valence-electron chi connectivity index (χ3n) is 5.53. The van der Waals surface area contributed by atoms with E-state index in [9.17, 15) is 4.79 Å². The quantitative estimate of drug-likeness (QED) is 0.359. The molecule has 4 heteroatoms. The van der Waals surface area contributed by atoms with Gasteiger partial charge < -0.3 is 9.47 Å². The second kappa shape index (κ2) is 6.72. The second-order valence-corrected chi connectivity index (χ2v) is 8.37. The van der Waals surface area contributed by atoms with Crippen molar-refractivity contribution in [1.29, 1.82) is 0 Å². The monoisotopic (exact) mass is 460 g/mol. The fourth-order valence-corrected chi connectivity index (χ4v) is 4.42. The summed E-state index contributed by atoms with van der Waals surface area (Å²) >= 11 is 2.30. The Bertz CT molecular complexity index is 899. The van der Waals surface area contributed by atoms with Crippen molar-refractivity contribution >= 4 is 28.6 Å². The van der Waals surface area contributed by atoms with Crippen molar-refractivity contribution in [2.24, 2.45) is 5.92 Å². The average Bonchev–Trinajstić information content (AvgIpc) is 2.92. The molecular weight excluding hydrogens is 439 g/mol. The molecule has 3 nitrogen and oxygen atoms in total. The molecule has 134 valence electrons. The van der Waals surface area contributed by atoms with Gasteiger partial charge in [-0.3, -0.25) is 0 Å². The average molecular weight is 460 g/mol. The summed E-state index contributed by atoms with van der Waals surface area (Å²) in [4.78, 5) is 12.0. The SMILES string of the molecule is C=C1C(=O)OC2c3c(C)c(OCc4ccc(I)cc4)cc(C)c3CC[C@@H]12. The number of halogens is 1. The van der Waals surface area contributed by atoms with Crippen molar-refractivity contribution in [2.45, 2.75) is 39.4 Å². The van der Waals surface area contributed by atoms with Gasteiger partial charge in [0.05, 0.1) is 0 Å². The standard InChI is InChI=1S/C22H21IO3/c1-12-10-19(25-11-15-4-6-16(23)7-5-15)14(3)20-17(12)8-9-18-13(2)22(24)26-21(18)20/h4-7,10,18,21H,2,8-9,11H2,1,3H3/t18-,21?/m0/s1. The minimum absolute atomic E-state index is 0.0968. The highest BCUT2D eigenvalue weighted by atomic mass is 127. The van der Waals surface area contributed by atoms with Gasteiger partial charge >= 0.3 is 5.97 Å². The molecule has 0 N–H and O–H groups in total. The summed E-state index contributed by atoms with van der Waals surface area (Å²) in [6, 6.07) is 10.5. The fraction of sp³-hybridized carbons (Fsp3) is 0.318. The molecule has 1 fully saturated rings. The predicted molar refractivity (Wildman–Crippen MR) is 109 cm³/mol. The number of esters is 1. The van der Waals surface area contributed by atoms with Gasteiger partial charge in [0.2, 0.25) is 0 Å². The molecule has 26 heavy (non-hydrogen) atoms. The minimum Gasteiger partial charge on any atom is -0.489 e. The molecule has 0 bridgehead atoms. The zero-order valence-corrected chi connectivity index (χ0v) is 17.1. The molecule has 2 aromatic rings. The van der Waals surface area contributed by atoms with Crippen molar-refractivity contribution in [3.05, 3.63) is 73.9 Å². The lowest BCUT2D eigenvalue weighted by molar-refractivity contribution is -0.139. The van der Waals surface area contributed by atoms with Gasteiger partial charge in [0.25, 0.3) is 0 Å². The third kappa shape index (κ3) is 2.94. The van der Waals surface area contributed by atoms with Crippen molar-refractivity contribution in [3.8, 4) is 5.75 Å². The molecule has 1 aliphatic carbocycles. The maximum atomic E-state index is 12.0. The summed E-state index contributed by atoms with van der Waals surface area (Å²) in [5.41, 5.74) is 6.46. The van der Waals surface area contributed by atoms with Crippen LogP contribution < -0.4 is 4.74 Å². The predicted octanol–water partition coefficient (Wildman–Crippen LogP) is 5.20. The Labute approximate surface area is 167 Å². The first kappa shape index (κ1) is 17.6. The smallest absolute Gasteiger partial charge is 0.334 e. The lowest BCUT2D eigenvalue weighted by Crippen LogP contribution is -2.20. The van der Waals surface area contributed by atoms with Gasteiger partial charge in [0.1, 0.15) is 18.5 Å². The molecule has 1 saturated heterocycles. The van der Waals surface area contributed by atoms with Crippen LogP contribution in [0.4, 0.5) is 0 Å². The summed E-state index contributed by atoms with van der Waals surface area (Å²) in [7, 11) is 0. The first-order valence-corrected chi connectivity index (χ1v) is 9.93. The maximum Gasteiger partial charge on any atom is 0.334 e. The Morgan fingerprint density at radius 1 is 1.27 bits per heavy atom. The molecule has 0 aromatic heterocycles. The number of ether oxygens (including phenoxy) is 2. The van der Waals surface area contributed by atoms with Crippen LogP contribution in [0.1, 0.15) is 40.3 Å². The van der Waals surface area contributed by atoms with E-state index in [0.717, 1.165) is 35.3 Å². The van der Waals surface area contributed by atoms with Crippen LogP contribution in [0.2, 0.25) is 0 Å². The van der Waals surface area contributed by atoms with Crippen molar-refractivity contribution in [3.63, 3.8) is 0 Å². The Kier molecular flexibility index (Phi) is 4.55. The van der Waals surface area contributed by atoms with Crippen LogP contribution in [0, 0.1) is 23.3 Å². The molecule has 0 amide bonds. The molecule has 1 aliphatic heterocycles. The molecule has 2 aromatic carbocycles. The van der Waals surface area contributed by atoms with Gasteiger partial charge in [-0.25, -0.2) is 4.79 Å². The summed E-state index contributed by atoms with van der Waals surface area (Å²) in [5, 5.41) is 0. The van der Waals surface area contributed by atoms with E-state index in [0.29, 0.717) is 12.2 Å². The van der Waals surface area contributed by atoms with Gasteiger partial charge in [0.15, 0.2) is 0 Å². The number of aryl methyl sites for hydroxylation is 1. The lowest BCUT2D eigenvalue weighted by atomic mass is 9.76. The summed E-state index contributed by atoms with van der Waals surface area (Å²) in [6.07, 6.45) is 1.67. The Morgan fingerprint density at radius 3 is 2.73 bits per heavy atom. The van der Waals surface area contributed by atoms with E-state index in [1.807, 2.05) is 0 Å². The highest BCUT2D eigenvalue weighted by Gasteiger charge is 2.44. The van der Waals surface area contributed by atoms with Crippen LogP contribution in [0.5, 0.6) is 5.75 Å². The molecule has 1 heterocycles. The number of carbonyl (C=O) groups is 1. The van der Waals surface area contributed by atoms with Crippen LogP contribution >= 0.6 is 22.6 Å². The van der Waals surface area contributed by atoms with E-state index in [-0.39, 0.29) is 18.0 Å². The number of fused-ring (bicyclic) bond motifs is 3. The molecule has 0 spiro atoms. The first-order chi connectivity index (χ1) is 12.5. The largest absolute Gasteiger partial charge is 0.489 e. The van der Waals surface area contributed by atoms with Gasteiger partial charge in [-0.05, 0) is 89.7 Å². The van der Waals surface area contributed by atoms with Crippen LogP contribution in [-0.4, -0.2) is 5.97 Å². The molecule has 0 saturated carbocycles. The highest BCUT2D eigenvalue weighted by Crippen LogP contribution is 2.49. The molecule has 2 atom stereocenters. The zero-order valence-electron chi connectivity index (χ0n) is 15.0. The third-order valence-corrected chi connectivity index (χ3v) is 6.25. The number of rotatable bonds is 3. The van der Waals surface area contributed by atoms with E-state index in [2.05, 4.69) is 73.3 Å². The van der Waals surface area contributed by atoms with E-state index in [1.54, 1.807) is 0 Å². The molecule has 0 radical (unpaired) electrons. The molecule has 2 aliphatic rings. The topological polar surface area (TPSA) is 35.5 Å². The normalized spacial score (nSPS) is 21.2. The van der Waals surface area contributed by atoms with Gasteiger partial charge in [-0.1, -0.05) is 18.7 Å². The van der Waals surface area contributed by atoms with Gasteiger partial charge in [0, 0.05) is 20.6 Å². The number of benzene rings is 2. The highest BCUT2D eigenvalue weighted by molar-refractivity contribution is 14.1. The molecule has 1 unspecified atom stereocenters. The van der Waals surface area contributed by atoms with Crippen LogP contribution in [-0.2, 0) is 22.6 Å². The van der Waals surface area contributed by atoms with E-state index < -0.39 is 0 Å². The van der Waals surface area contributed by atoms with E-state index >= 15 is 0 Å². The first-order valence-electron chi connectivity index (χ1n) is 8.85. The maximum absolute atomic E-state index is 12.0. The summed E-state index contributed by atoms with van der Waals surface area (Å²) < 4.78 is 13.0. The summed E-state index contributed by atoms with van der Waals surface area (Å²) in [5.74, 6) is 0.712. The van der Waals surface area contributed by atoms with Crippen molar-refractivity contribution in [2.75, 3.05) is 0 Å². The Balaban J connectivity index is 1.67. The summed E-state index contributed by atoms with van der Waals surface area (Å²) in [6.45, 7) is 8.65. The van der Waals surface area contributed by atoms with Crippen LogP contribution in [0.3, 0.4) is 0 Å². The Morgan fingerprint density at radius 2 is 2.00 bits per heavy atom. The van der Waals surface area contributed by atoms with Crippen molar-refractivity contribution < 1.29 is 14.3 Å². The minimum atomic E-state index is -0.255. The van der Waals surface area contributed by atoms with E-state index in [4.69, 9.17) is 9.47 Å². The molecular formula is C22H21IO3. The Hall–Kier alpha value is -1.82. The molecule has 4 rings (SSSR count).